The molecule has 5 nitrogen and oxygen atoms in total. The quantitative estimate of drug-likeness (QED) is 0.533. The van der Waals surface area contributed by atoms with Crippen LogP contribution in [-0.4, -0.2) is 60.3 Å². The minimum atomic E-state index is 0.138. The molecule has 132 valence electrons. The zero-order valence-electron chi connectivity index (χ0n) is 14.0. The number of piperazine rings is 1. The van der Waals surface area contributed by atoms with Crippen molar-refractivity contribution < 1.29 is 14.3 Å². The van der Waals surface area contributed by atoms with Crippen LogP contribution in [0.2, 0.25) is 0 Å². The highest BCUT2D eigenvalue weighted by molar-refractivity contribution is 6.17. The molecule has 0 aliphatic carbocycles. The minimum Gasteiger partial charge on any atom is -0.494 e. The van der Waals surface area contributed by atoms with Gasteiger partial charge in [-0.1, -0.05) is 18.2 Å². The van der Waals surface area contributed by atoms with E-state index in [0.29, 0.717) is 64.3 Å². The Balaban J connectivity index is 1.61. The fraction of sp³-hybridized carbons (Fsp3) is 0.556. The van der Waals surface area contributed by atoms with Crippen LogP contribution < -0.4 is 4.74 Å². The van der Waals surface area contributed by atoms with Crippen molar-refractivity contribution in [1.29, 1.82) is 0 Å². The van der Waals surface area contributed by atoms with E-state index in [4.69, 9.17) is 16.3 Å². The Morgan fingerprint density at radius 1 is 0.917 bits per heavy atom. The second-order valence-corrected chi connectivity index (χ2v) is 6.20. The van der Waals surface area contributed by atoms with Gasteiger partial charge in [0.1, 0.15) is 5.75 Å². The molecule has 1 aromatic rings. The van der Waals surface area contributed by atoms with Crippen molar-refractivity contribution in [3.8, 4) is 5.75 Å². The van der Waals surface area contributed by atoms with Gasteiger partial charge in [0.2, 0.25) is 11.8 Å². The minimum absolute atomic E-state index is 0.138. The second-order valence-electron chi connectivity index (χ2n) is 5.82. The van der Waals surface area contributed by atoms with Crippen molar-refractivity contribution in [2.45, 2.75) is 25.7 Å². The van der Waals surface area contributed by atoms with Crippen molar-refractivity contribution in [2.24, 2.45) is 0 Å². The van der Waals surface area contributed by atoms with Crippen LogP contribution >= 0.6 is 11.6 Å². The predicted octanol–water partition coefficient (Wildman–Crippen LogP) is 2.54. The van der Waals surface area contributed by atoms with Crippen LogP contribution in [0, 0.1) is 0 Å². The van der Waals surface area contributed by atoms with Crippen molar-refractivity contribution >= 4 is 23.4 Å². The first-order valence-corrected chi connectivity index (χ1v) is 9.03. The van der Waals surface area contributed by atoms with Gasteiger partial charge in [-0.3, -0.25) is 9.59 Å². The number of rotatable bonds is 8. The van der Waals surface area contributed by atoms with Gasteiger partial charge >= 0.3 is 0 Å². The summed E-state index contributed by atoms with van der Waals surface area (Å²) in [5.74, 6) is 1.61. The molecule has 1 saturated heterocycles. The summed E-state index contributed by atoms with van der Waals surface area (Å²) in [6.45, 7) is 3.00. The van der Waals surface area contributed by atoms with Crippen LogP contribution in [0.5, 0.6) is 5.75 Å². The van der Waals surface area contributed by atoms with Gasteiger partial charge in [-0.25, -0.2) is 0 Å². The maximum atomic E-state index is 12.2. The molecule has 2 rings (SSSR count). The van der Waals surface area contributed by atoms with Gasteiger partial charge in [0.25, 0.3) is 0 Å². The third kappa shape index (κ3) is 6.04. The van der Waals surface area contributed by atoms with E-state index in [0.717, 1.165) is 5.75 Å². The monoisotopic (exact) mass is 352 g/mol. The predicted molar refractivity (Wildman–Crippen MR) is 94.3 cm³/mol. The Labute approximate surface area is 148 Å². The molecule has 0 bridgehead atoms. The fourth-order valence-electron chi connectivity index (χ4n) is 2.67. The van der Waals surface area contributed by atoms with E-state index < -0.39 is 0 Å². The number of ether oxygens (including phenoxy) is 1. The number of hydrogen-bond acceptors (Lipinski definition) is 3. The van der Waals surface area contributed by atoms with E-state index in [2.05, 4.69) is 0 Å². The van der Waals surface area contributed by atoms with Crippen LogP contribution in [0.3, 0.4) is 0 Å². The summed E-state index contributed by atoms with van der Waals surface area (Å²) in [6.07, 6.45) is 2.38. The van der Waals surface area contributed by atoms with E-state index in [1.54, 1.807) is 0 Å². The van der Waals surface area contributed by atoms with Gasteiger partial charge in [0, 0.05) is 44.9 Å². The molecule has 0 aromatic heterocycles. The number of halogens is 1. The van der Waals surface area contributed by atoms with Crippen LogP contribution in [0.1, 0.15) is 25.7 Å². The molecular formula is C18H25ClN2O3. The van der Waals surface area contributed by atoms with Gasteiger partial charge < -0.3 is 14.5 Å². The number of nitrogens with zero attached hydrogens (tertiary/aromatic N) is 2. The lowest BCUT2D eigenvalue weighted by atomic mass is 10.2. The zero-order chi connectivity index (χ0) is 17.2. The maximum Gasteiger partial charge on any atom is 0.222 e. The van der Waals surface area contributed by atoms with Gasteiger partial charge in [-0.15, -0.1) is 11.6 Å². The molecule has 1 fully saturated rings. The number of carbonyl (C=O) groups excluding carboxylic acids is 2. The number of hydrogen-bond donors (Lipinski definition) is 0. The zero-order valence-corrected chi connectivity index (χ0v) is 14.7. The number of alkyl halides is 1. The van der Waals surface area contributed by atoms with Gasteiger partial charge in [0.05, 0.1) is 6.61 Å². The lowest BCUT2D eigenvalue weighted by Gasteiger charge is -2.35. The summed E-state index contributed by atoms with van der Waals surface area (Å²) < 4.78 is 5.60. The van der Waals surface area contributed by atoms with E-state index in [1.165, 1.54) is 0 Å². The number of para-hydroxylation sites is 1. The average Bonchev–Trinajstić information content (AvgIpc) is 2.64. The van der Waals surface area contributed by atoms with E-state index in [9.17, 15) is 9.59 Å². The Hall–Kier alpha value is -1.75. The molecule has 1 heterocycles. The lowest BCUT2D eigenvalue weighted by Crippen LogP contribution is -2.50. The van der Waals surface area contributed by atoms with E-state index >= 15 is 0 Å². The van der Waals surface area contributed by atoms with Gasteiger partial charge in [-0.2, -0.15) is 0 Å². The van der Waals surface area contributed by atoms with E-state index in [1.807, 2.05) is 40.1 Å². The highest BCUT2D eigenvalue weighted by atomic mass is 35.5. The lowest BCUT2D eigenvalue weighted by molar-refractivity contribution is -0.139. The molecule has 0 atom stereocenters. The topological polar surface area (TPSA) is 49.9 Å². The summed E-state index contributed by atoms with van der Waals surface area (Å²) in [5, 5.41) is 0. The first-order valence-electron chi connectivity index (χ1n) is 8.50. The summed E-state index contributed by atoms with van der Waals surface area (Å²) in [6, 6.07) is 9.60. The van der Waals surface area contributed by atoms with Crippen LogP contribution in [0.25, 0.3) is 0 Å². The molecule has 1 aromatic carbocycles. The molecule has 2 amide bonds. The smallest absolute Gasteiger partial charge is 0.222 e. The first-order chi connectivity index (χ1) is 11.7. The van der Waals surface area contributed by atoms with Crippen LogP contribution in [0.15, 0.2) is 30.3 Å². The molecule has 0 N–H and O–H groups in total. The van der Waals surface area contributed by atoms with Crippen molar-refractivity contribution in [1.82, 2.24) is 9.80 Å². The molecule has 6 heteroatoms. The Morgan fingerprint density at radius 3 is 2.00 bits per heavy atom. The molecule has 0 spiro atoms. The molecule has 1 aliphatic heterocycles. The largest absolute Gasteiger partial charge is 0.494 e. The SMILES string of the molecule is O=C(CCCCl)N1CCN(C(=O)CCCOc2ccccc2)CC1. The molecule has 0 radical (unpaired) electrons. The molecular weight excluding hydrogens is 328 g/mol. The standard InChI is InChI=1S/C18H25ClN2O3/c19-10-4-8-17(22)20-11-13-21(14-12-20)18(23)9-5-15-24-16-6-2-1-3-7-16/h1-3,6-7H,4-5,8-15H2. The van der Waals surface area contributed by atoms with Crippen LogP contribution in [0.4, 0.5) is 0 Å². The summed E-state index contributed by atoms with van der Waals surface area (Å²) >= 11 is 5.61. The fourth-order valence-corrected chi connectivity index (χ4v) is 2.80. The molecule has 0 saturated carbocycles. The number of amides is 2. The summed E-state index contributed by atoms with van der Waals surface area (Å²) in [5.41, 5.74) is 0. The third-order valence-corrected chi connectivity index (χ3v) is 4.32. The third-order valence-electron chi connectivity index (χ3n) is 4.06. The Kier molecular flexibility index (Phi) is 7.89. The van der Waals surface area contributed by atoms with Crippen molar-refractivity contribution in [2.75, 3.05) is 38.7 Å². The number of carbonyl (C=O) groups is 2. The Bertz CT molecular complexity index is 516. The summed E-state index contributed by atoms with van der Waals surface area (Å²) in [4.78, 5) is 27.8. The first kappa shape index (κ1) is 18.6. The maximum absolute atomic E-state index is 12.2. The van der Waals surface area contributed by atoms with Crippen molar-refractivity contribution in [3.05, 3.63) is 30.3 Å². The Morgan fingerprint density at radius 2 is 1.46 bits per heavy atom. The number of benzene rings is 1. The van der Waals surface area contributed by atoms with Gasteiger partial charge in [-0.05, 0) is 25.0 Å². The molecule has 24 heavy (non-hydrogen) atoms. The van der Waals surface area contributed by atoms with Crippen molar-refractivity contribution in [3.63, 3.8) is 0 Å². The van der Waals surface area contributed by atoms with Gasteiger partial charge in [0.15, 0.2) is 0 Å². The normalized spacial score (nSPS) is 14.5. The van der Waals surface area contributed by atoms with Crippen LogP contribution in [-0.2, 0) is 9.59 Å². The highest BCUT2D eigenvalue weighted by Gasteiger charge is 2.23. The summed E-state index contributed by atoms with van der Waals surface area (Å²) in [7, 11) is 0. The highest BCUT2D eigenvalue weighted by Crippen LogP contribution is 2.10. The second kappa shape index (κ2) is 10.2. The molecule has 1 aliphatic rings. The average molecular weight is 353 g/mol. The molecule has 0 unspecified atom stereocenters. The van der Waals surface area contributed by atoms with E-state index in [-0.39, 0.29) is 11.8 Å².